The van der Waals surface area contributed by atoms with Gasteiger partial charge in [-0.2, -0.15) is 0 Å². The lowest BCUT2D eigenvalue weighted by atomic mass is 10.0. The molecule has 0 spiro atoms. The summed E-state index contributed by atoms with van der Waals surface area (Å²) in [7, 11) is 0. The van der Waals surface area contributed by atoms with Crippen molar-refractivity contribution in [1.29, 1.82) is 0 Å². The maximum absolute atomic E-state index is 6.04. The van der Waals surface area contributed by atoms with Gasteiger partial charge in [0.1, 0.15) is 11.9 Å². The molecule has 0 saturated heterocycles. The van der Waals surface area contributed by atoms with Gasteiger partial charge in [-0.25, -0.2) is 0 Å². The van der Waals surface area contributed by atoms with E-state index in [1.54, 1.807) is 0 Å². The number of ether oxygens (including phenoxy) is 1. The minimum absolute atomic E-state index is 0.245. The Morgan fingerprint density at radius 1 is 1.17 bits per heavy atom. The van der Waals surface area contributed by atoms with Crippen LogP contribution in [0.4, 0.5) is 0 Å². The molecule has 0 aromatic heterocycles. The molecule has 0 radical (unpaired) electrons. The van der Waals surface area contributed by atoms with E-state index < -0.39 is 0 Å². The minimum Gasteiger partial charge on any atom is -0.489 e. The fourth-order valence-corrected chi connectivity index (χ4v) is 1.78. The van der Waals surface area contributed by atoms with E-state index in [2.05, 4.69) is 58.1 Å². The van der Waals surface area contributed by atoms with Crippen molar-refractivity contribution in [2.45, 2.75) is 59.1 Å². The Morgan fingerprint density at radius 3 is 2.44 bits per heavy atom. The molecule has 1 unspecified atom stereocenters. The van der Waals surface area contributed by atoms with E-state index in [4.69, 9.17) is 4.74 Å². The first-order chi connectivity index (χ1) is 8.52. The van der Waals surface area contributed by atoms with E-state index in [9.17, 15) is 0 Å². The Bertz CT molecular complexity index is 347. The van der Waals surface area contributed by atoms with E-state index in [1.807, 2.05) is 6.07 Å². The molecule has 1 aromatic carbocycles. The summed E-state index contributed by atoms with van der Waals surface area (Å²) in [5.74, 6) is 1.53. The highest BCUT2D eigenvalue weighted by Crippen LogP contribution is 2.21. The van der Waals surface area contributed by atoms with Gasteiger partial charge in [0.2, 0.25) is 0 Å². The van der Waals surface area contributed by atoms with Crippen molar-refractivity contribution in [1.82, 2.24) is 5.32 Å². The van der Waals surface area contributed by atoms with Gasteiger partial charge in [0.25, 0.3) is 0 Å². The lowest BCUT2D eigenvalue weighted by Crippen LogP contribution is -2.34. The van der Waals surface area contributed by atoms with Gasteiger partial charge in [-0.1, -0.05) is 46.8 Å². The molecule has 0 heterocycles. The third kappa shape index (κ3) is 5.09. The van der Waals surface area contributed by atoms with Gasteiger partial charge in [-0.15, -0.1) is 0 Å². The van der Waals surface area contributed by atoms with Gasteiger partial charge in [0.05, 0.1) is 0 Å². The van der Waals surface area contributed by atoms with Crippen molar-refractivity contribution in [2.75, 3.05) is 6.54 Å². The second-order valence-electron chi connectivity index (χ2n) is 5.44. The summed E-state index contributed by atoms with van der Waals surface area (Å²) in [4.78, 5) is 0. The molecule has 102 valence electrons. The molecule has 0 bridgehead atoms. The van der Waals surface area contributed by atoms with Crippen molar-refractivity contribution in [3.8, 4) is 5.75 Å². The summed E-state index contributed by atoms with van der Waals surface area (Å²) in [6, 6.07) is 8.94. The van der Waals surface area contributed by atoms with E-state index in [-0.39, 0.29) is 6.10 Å². The molecule has 0 fully saturated rings. The standard InChI is InChI=1S/C16H27NO/c1-6-15(11-17-13(4)5)18-16-9-7-8-14(10-16)12(2)3/h7-10,12-13,15,17H,6,11H2,1-5H3. The quantitative estimate of drug-likeness (QED) is 0.789. The highest BCUT2D eigenvalue weighted by Gasteiger charge is 2.09. The zero-order valence-electron chi connectivity index (χ0n) is 12.4. The zero-order valence-corrected chi connectivity index (χ0v) is 12.4. The molecule has 0 aliphatic heterocycles. The number of hydrogen-bond donors (Lipinski definition) is 1. The van der Waals surface area contributed by atoms with Crippen molar-refractivity contribution in [2.24, 2.45) is 0 Å². The van der Waals surface area contributed by atoms with Crippen LogP contribution in [-0.2, 0) is 0 Å². The lowest BCUT2D eigenvalue weighted by Gasteiger charge is -2.20. The molecule has 1 N–H and O–H groups in total. The molecule has 0 aliphatic carbocycles. The van der Waals surface area contributed by atoms with Crippen molar-refractivity contribution >= 4 is 0 Å². The molecule has 18 heavy (non-hydrogen) atoms. The molecule has 1 atom stereocenters. The third-order valence-corrected chi connectivity index (χ3v) is 3.04. The van der Waals surface area contributed by atoms with Crippen molar-refractivity contribution < 1.29 is 4.74 Å². The highest BCUT2D eigenvalue weighted by atomic mass is 16.5. The fourth-order valence-electron chi connectivity index (χ4n) is 1.78. The molecule has 0 amide bonds. The molecular weight excluding hydrogens is 222 g/mol. The number of rotatable bonds is 7. The topological polar surface area (TPSA) is 21.3 Å². The normalized spacial score (nSPS) is 13.1. The first kappa shape index (κ1) is 15.0. The van der Waals surface area contributed by atoms with Gasteiger partial charge in [0, 0.05) is 12.6 Å². The van der Waals surface area contributed by atoms with Crippen LogP contribution >= 0.6 is 0 Å². The Hall–Kier alpha value is -1.02. The van der Waals surface area contributed by atoms with Crippen LogP contribution in [0.3, 0.4) is 0 Å². The minimum atomic E-state index is 0.245. The van der Waals surface area contributed by atoms with Crippen LogP contribution in [0.15, 0.2) is 24.3 Å². The Kier molecular flexibility index (Phi) is 6.20. The third-order valence-electron chi connectivity index (χ3n) is 3.04. The SMILES string of the molecule is CCC(CNC(C)C)Oc1cccc(C(C)C)c1. The van der Waals surface area contributed by atoms with Crippen LogP contribution in [0.2, 0.25) is 0 Å². The van der Waals surface area contributed by atoms with Gasteiger partial charge in [-0.3, -0.25) is 0 Å². The van der Waals surface area contributed by atoms with Crippen LogP contribution in [0, 0.1) is 0 Å². The van der Waals surface area contributed by atoms with Gasteiger partial charge >= 0.3 is 0 Å². The van der Waals surface area contributed by atoms with Crippen molar-refractivity contribution in [3.63, 3.8) is 0 Å². The maximum Gasteiger partial charge on any atom is 0.120 e. The summed E-state index contributed by atoms with van der Waals surface area (Å²) >= 11 is 0. The van der Waals surface area contributed by atoms with E-state index in [0.717, 1.165) is 18.7 Å². The lowest BCUT2D eigenvalue weighted by molar-refractivity contribution is 0.190. The molecule has 2 heteroatoms. The molecular formula is C16H27NO. The summed E-state index contributed by atoms with van der Waals surface area (Å²) in [6.45, 7) is 11.8. The van der Waals surface area contributed by atoms with Gasteiger partial charge in [0.15, 0.2) is 0 Å². The van der Waals surface area contributed by atoms with Crippen LogP contribution in [-0.4, -0.2) is 18.7 Å². The molecule has 0 saturated carbocycles. The Labute approximate surface area is 112 Å². The van der Waals surface area contributed by atoms with E-state index in [0.29, 0.717) is 12.0 Å². The molecule has 1 aromatic rings. The van der Waals surface area contributed by atoms with Gasteiger partial charge < -0.3 is 10.1 Å². The van der Waals surface area contributed by atoms with Gasteiger partial charge in [-0.05, 0) is 30.0 Å². The first-order valence-electron chi connectivity index (χ1n) is 7.03. The summed E-state index contributed by atoms with van der Waals surface area (Å²) in [6.07, 6.45) is 1.26. The summed E-state index contributed by atoms with van der Waals surface area (Å²) in [5, 5.41) is 3.43. The van der Waals surface area contributed by atoms with E-state index >= 15 is 0 Å². The summed E-state index contributed by atoms with van der Waals surface area (Å²) < 4.78 is 6.04. The van der Waals surface area contributed by atoms with Crippen molar-refractivity contribution in [3.05, 3.63) is 29.8 Å². The Balaban J connectivity index is 2.61. The second kappa shape index (κ2) is 7.42. The second-order valence-corrected chi connectivity index (χ2v) is 5.44. The number of benzene rings is 1. The molecule has 0 aliphatic rings. The largest absolute Gasteiger partial charge is 0.489 e. The average Bonchev–Trinajstić information content (AvgIpc) is 2.34. The number of hydrogen-bond acceptors (Lipinski definition) is 2. The predicted octanol–water partition coefficient (Wildman–Crippen LogP) is 3.97. The van der Waals surface area contributed by atoms with Crippen LogP contribution in [0.5, 0.6) is 5.75 Å². The smallest absolute Gasteiger partial charge is 0.120 e. The Morgan fingerprint density at radius 2 is 1.89 bits per heavy atom. The molecule has 1 rings (SSSR count). The average molecular weight is 249 g/mol. The first-order valence-corrected chi connectivity index (χ1v) is 7.03. The monoisotopic (exact) mass is 249 g/mol. The summed E-state index contributed by atoms with van der Waals surface area (Å²) in [5.41, 5.74) is 1.33. The van der Waals surface area contributed by atoms with E-state index in [1.165, 1.54) is 5.56 Å². The van der Waals surface area contributed by atoms with Crippen LogP contribution < -0.4 is 10.1 Å². The highest BCUT2D eigenvalue weighted by molar-refractivity contribution is 5.30. The maximum atomic E-state index is 6.04. The number of nitrogens with one attached hydrogen (secondary N) is 1. The zero-order chi connectivity index (χ0) is 13.5. The van der Waals surface area contributed by atoms with Crippen LogP contribution in [0.25, 0.3) is 0 Å². The fraction of sp³-hybridized carbons (Fsp3) is 0.625. The molecule has 2 nitrogen and oxygen atoms in total. The van der Waals surface area contributed by atoms with Crippen LogP contribution in [0.1, 0.15) is 52.5 Å². The predicted molar refractivity (Wildman–Crippen MR) is 78.4 cm³/mol.